The van der Waals surface area contributed by atoms with Crippen molar-refractivity contribution in [1.29, 1.82) is 0 Å². The maximum atomic E-state index is 13.3. The Bertz CT molecular complexity index is 1210. The van der Waals surface area contributed by atoms with E-state index in [1.807, 2.05) is 30.3 Å². The smallest absolute Gasteiger partial charge is 0.416 e. The molecule has 0 saturated carbocycles. The third kappa shape index (κ3) is 4.01. The largest absolute Gasteiger partial charge is 0.488 e. The van der Waals surface area contributed by atoms with Crippen molar-refractivity contribution in [2.24, 2.45) is 0 Å². The fraction of sp³-hybridized carbons (Fsp3) is 0.0870. The molecule has 6 heteroatoms. The van der Waals surface area contributed by atoms with Crippen LogP contribution in [-0.2, 0) is 12.8 Å². The van der Waals surface area contributed by atoms with Crippen LogP contribution in [0.15, 0.2) is 83.7 Å². The molecule has 1 aromatic heterocycles. The lowest BCUT2D eigenvalue weighted by Crippen LogP contribution is -2.08. The average Bonchev–Trinajstić information content (AvgIpc) is 2.72. The predicted octanol–water partition coefficient (Wildman–Crippen LogP) is 5.79. The number of H-pyrrole nitrogens is 1. The molecule has 0 fully saturated rings. The zero-order chi connectivity index (χ0) is 20.4. The van der Waals surface area contributed by atoms with Crippen molar-refractivity contribution in [3.05, 3.63) is 100 Å². The molecule has 0 amide bonds. The topological polar surface area (TPSA) is 42.1 Å². The Hall–Kier alpha value is -3.54. The van der Waals surface area contributed by atoms with E-state index in [2.05, 4.69) is 4.98 Å². The van der Waals surface area contributed by atoms with Gasteiger partial charge in [0, 0.05) is 22.5 Å². The zero-order valence-corrected chi connectivity index (χ0v) is 15.2. The van der Waals surface area contributed by atoms with Crippen molar-refractivity contribution < 1.29 is 17.9 Å². The molecule has 1 N–H and O–H groups in total. The molecule has 0 unspecified atom stereocenters. The molecular weight excluding hydrogens is 379 g/mol. The van der Waals surface area contributed by atoms with E-state index in [0.717, 1.165) is 17.7 Å². The van der Waals surface area contributed by atoms with Crippen molar-refractivity contribution in [2.75, 3.05) is 0 Å². The van der Waals surface area contributed by atoms with Crippen LogP contribution in [0.4, 0.5) is 13.2 Å². The highest BCUT2D eigenvalue weighted by molar-refractivity contribution is 5.82. The van der Waals surface area contributed by atoms with Crippen molar-refractivity contribution in [3.8, 4) is 17.0 Å². The molecule has 3 nitrogen and oxygen atoms in total. The summed E-state index contributed by atoms with van der Waals surface area (Å²) in [6.07, 6.45) is -4.51. The molecule has 29 heavy (non-hydrogen) atoms. The van der Waals surface area contributed by atoms with Gasteiger partial charge < -0.3 is 9.72 Å². The fourth-order valence-electron chi connectivity index (χ4n) is 3.12. The van der Waals surface area contributed by atoms with E-state index in [0.29, 0.717) is 10.9 Å². The van der Waals surface area contributed by atoms with Crippen LogP contribution in [0.3, 0.4) is 0 Å². The predicted molar refractivity (Wildman–Crippen MR) is 106 cm³/mol. The molecule has 0 saturated heterocycles. The molecule has 0 aliphatic carbocycles. The first-order chi connectivity index (χ1) is 13.9. The number of halogens is 3. The monoisotopic (exact) mass is 395 g/mol. The second-order valence-corrected chi connectivity index (χ2v) is 6.58. The van der Waals surface area contributed by atoms with Gasteiger partial charge in [-0.3, -0.25) is 4.79 Å². The number of para-hydroxylation sites is 1. The van der Waals surface area contributed by atoms with Gasteiger partial charge in [-0.1, -0.05) is 42.5 Å². The summed E-state index contributed by atoms with van der Waals surface area (Å²) in [5, 5.41) is 0.468. The quantitative estimate of drug-likeness (QED) is 0.475. The van der Waals surface area contributed by atoms with Gasteiger partial charge in [-0.25, -0.2) is 0 Å². The number of aromatic nitrogens is 1. The lowest BCUT2D eigenvalue weighted by atomic mass is 10.0. The number of nitrogens with one attached hydrogen (secondary N) is 1. The van der Waals surface area contributed by atoms with E-state index in [9.17, 15) is 18.0 Å². The van der Waals surface area contributed by atoms with Crippen molar-refractivity contribution in [1.82, 2.24) is 4.98 Å². The number of hydrogen-bond donors (Lipinski definition) is 1. The third-order valence-electron chi connectivity index (χ3n) is 4.57. The summed E-state index contributed by atoms with van der Waals surface area (Å²) in [5.41, 5.74) is 0.780. The highest BCUT2D eigenvalue weighted by Gasteiger charge is 2.31. The van der Waals surface area contributed by atoms with Crippen LogP contribution in [0.1, 0.15) is 11.1 Å². The Kier molecular flexibility index (Phi) is 4.84. The second kappa shape index (κ2) is 7.47. The number of hydrogen-bond acceptors (Lipinski definition) is 2. The van der Waals surface area contributed by atoms with Crippen molar-refractivity contribution in [3.63, 3.8) is 0 Å². The fourth-order valence-corrected chi connectivity index (χ4v) is 3.12. The van der Waals surface area contributed by atoms with Gasteiger partial charge in [-0.15, -0.1) is 0 Å². The van der Waals surface area contributed by atoms with Gasteiger partial charge in [-0.05, 0) is 35.9 Å². The normalized spacial score (nSPS) is 11.6. The maximum absolute atomic E-state index is 13.3. The van der Waals surface area contributed by atoms with Gasteiger partial charge in [0.2, 0.25) is 0 Å². The summed E-state index contributed by atoms with van der Waals surface area (Å²) in [4.78, 5) is 15.5. The number of rotatable bonds is 4. The lowest BCUT2D eigenvalue weighted by molar-refractivity contribution is -0.137. The third-order valence-corrected chi connectivity index (χ3v) is 4.57. The number of fused-ring (bicyclic) bond motifs is 1. The van der Waals surface area contributed by atoms with Gasteiger partial charge in [0.25, 0.3) is 0 Å². The van der Waals surface area contributed by atoms with Crippen LogP contribution in [0.25, 0.3) is 22.2 Å². The zero-order valence-electron chi connectivity index (χ0n) is 15.2. The molecule has 0 radical (unpaired) electrons. The van der Waals surface area contributed by atoms with Crippen LogP contribution in [-0.4, -0.2) is 4.98 Å². The summed E-state index contributed by atoms with van der Waals surface area (Å²) in [5.74, 6) is 0.257. The highest BCUT2D eigenvalue weighted by Crippen LogP contribution is 2.37. The molecule has 0 spiro atoms. The first-order valence-electron chi connectivity index (χ1n) is 8.92. The lowest BCUT2D eigenvalue weighted by Gasteiger charge is -2.15. The molecule has 4 rings (SSSR count). The SMILES string of the molecule is O=c1cc(-c2cc(C(F)(F)F)ccc2OCc2ccccc2)[nH]c2ccccc12. The Labute approximate surface area is 164 Å². The van der Waals surface area contributed by atoms with Gasteiger partial charge in [0.05, 0.1) is 11.3 Å². The Morgan fingerprint density at radius 2 is 1.59 bits per heavy atom. The average molecular weight is 395 g/mol. The first-order valence-corrected chi connectivity index (χ1v) is 8.92. The molecule has 1 heterocycles. The summed E-state index contributed by atoms with van der Waals surface area (Å²) >= 11 is 0. The van der Waals surface area contributed by atoms with Crippen LogP contribution >= 0.6 is 0 Å². The molecule has 0 aliphatic heterocycles. The minimum absolute atomic E-state index is 0.179. The van der Waals surface area contributed by atoms with E-state index in [4.69, 9.17) is 4.74 Å². The number of aromatic amines is 1. The number of alkyl halides is 3. The van der Waals surface area contributed by atoms with Gasteiger partial charge >= 0.3 is 6.18 Å². The number of ether oxygens (including phenoxy) is 1. The van der Waals surface area contributed by atoms with Crippen molar-refractivity contribution >= 4 is 10.9 Å². The molecule has 0 atom stereocenters. The van der Waals surface area contributed by atoms with E-state index in [1.165, 1.54) is 12.1 Å². The van der Waals surface area contributed by atoms with E-state index in [-0.39, 0.29) is 29.0 Å². The summed E-state index contributed by atoms with van der Waals surface area (Å²) < 4.78 is 45.7. The number of benzene rings is 3. The van der Waals surface area contributed by atoms with Crippen LogP contribution in [0.5, 0.6) is 5.75 Å². The van der Waals surface area contributed by atoms with E-state index in [1.54, 1.807) is 24.3 Å². The van der Waals surface area contributed by atoms with Gasteiger partial charge in [-0.2, -0.15) is 13.2 Å². The minimum atomic E-state index is -4.51. The molecule has 146 valence electrons. The molecule has 3 aromatic carbocycles. The van der Waals surface area contributed by atoms with Crippen LogP contribution in [0, 0.1) is 0 Å². The van der Waals surface area contributed by atoms with Gasteiger partial charge in [0.15, 0.2) is 5.43 Å². The Morgan fingerprint density at radius 3 is 2.34 bits per heavy atom. The molecular formula is C23H16F3NO2. The maximum Gasteiger partial charge on any atom is 0.416 e. The molecule has 4 aromatic rings. The first kappa shape index (κ1) is 18.8. The summed E-state index contributed by atoms with van der Waals surface area (Å²) in [7, 11) is 0. The van der Waals surface area contributed by atoms with Gasteiger partial charge in [0.1, 0.15) is 12.4 Å². The van der Waals surface area contributed by atoms with E-state index >= 15 is 0 Å². The molecule has 0 bridgehead atoms. The van der Waals surface area contributed by atoms with Crippen LogP contribution < -0.4 is 10.2 Å². The summed E-state index contributed by atoms with van der Waals surface area (Å²) in [6.45, 7) is 0.191. The van der Waals surface area contributed by atoms with E-state index < -0.39 is 11.7 Å². The van der Waals surface area contributed by atoms with Crippen LogP contribution in [0.2, 0.25) is 0 Å². The van der Waals surface area contributed by atoms with Crippen molar-refractivity contribution in [2.45, 2.75) is 12.8 Å². The summed E-state index contributed by atoms with van der Waals surface area (Å²) in [6, 6.07) is 20.7. The highest BCUT2D eigenvalue weighted by atomic mass is 19.4. The second-order valence-electron chi connectivity index (χ2n) is 6.58. The molecule has 0 aliphatic rings. The minimum Gasteiger partial charge on any atom is -0.488 e. The standard InChI is InChI=1S/C23H16F3NO2/c24-23(25,26)16-10-11-22(29-14-15-6-2-1-3-7-15)18(12-16)20-13-21(28)17-8-4-5-9-19(17)27-20/h1-13H,14H2,(H,27,28). The Morgan fingerprint density at radius 1 is 0.862 bits per heavy atom. The Balaban J connectivity index is 1.82. The number of pyridine rings is 1.